The molecule has 0 saturated heterocycles. The molecule has 6 heteroatoms. The molecule has 23 heavy (non-hydrogen) atoms. The molecular formula is C17H24ClNO3S. The van der Waals surface area contributed by atoms with Gasteiger partial charge in [-0.3, -0.25) is 0 Å². The van der Waals surface area contributed by atoms with Gasteiger partial charge in [0, 0.05) is 11.6 Å². The lowest BCUT2D eigenvalue weighted by atomic mass is 9.45. The number of sulfonamides is 1. The number of benzene rings is 1. The summed E-state index contributed by atoms with van der Waals surface area (Å²) in [5, 5.41) is 0.381. The lowest BCUT2D eigenvalue weighted by Gasteiger charge is -2.60. The Kier molecular flexibility index (Phi) is 4.40. The van der Waals surface area contributed by atoms with Crippen LogP contribution in [-0.4, -0.2) is 22.1 Å². The van der Waals surface area contributed by atoms with E-state index in [0.717, 1.165) is 12.3 Å². The molecule has 1 aromatic rings. The Morgan fingerprint density at radius 1 is 1.35 bits per heavy atom. The minimum atomic E-state index is -3.63. The first-order valence-electron chi connectivity index (χ1n) is 8.09. The van der Waals surface area contributed by atoms with Gasteiger partial charge >= 0.3 is 0 Å². The zero-order valence-corrected chi connectivity index (χ0v) is 15.4. The summed E-state index contributed by atoms with van der Waals surface area (Å²) in [6.45, 7) is 5.11. The molecule has 2 bridgehead atoms. The van der Waals surface area contributed by atoms with Crippen LogP contribution in [-0.2, 0) is 10.0 Å². The molecule has 0 spiro atoms. The first kappa shape index (κ1) is 17.1. The number of ether oxygens (including phenoxy) is 1. The molecule has 0 amide bonds. The van der Waals surface area contributed by atoms with Crippen LogP contribution in [0, 0.1) is 23.2 Å². The predicted octanol–water partition coefficient (Wildman–Crippen LogP) is 3.70. The number of nitrogens with one attached hydrogen (secondary N) is 1. The molecule has 4 rings (SSSR count). The Morgan fingerprint density at radius 3 is 2.70 bits per heavy atom. The Hall–Kier alpha value is -0.780. The van der Waals surface area contributed by atoms with Crippen LogP contribution < -0.4 is 9.46 Å². The van der Waals surface area contributed by atoms with Crippen molar-refractivity contribution in [3.05, 3.63) is 23.2 Å². The van der Waals surface area contributed by atoms with E-state index in [9.17, 15) is 8.42 Å². The zero-order chi connectivity index (χ0) is 16.8. The van der Waals surface area contributed by atoms with Crippen LogP contribution in [0.5, 0.6) is 5.75 Å². The van der Waals surface area contributed by atoms with Gasteiger partial charge in [0.2, 0.25) is 10.0 Å². The van der Waals surface area contributed by atoms with Gasteiger partial charge in [-0.2, -0.15) is 0 Å². The molecule has 0 radical (unpaired) electrons. The van der Waals surface area contributed by atoms with Crippen molar-refractivity contribution in [1.29, 1.82) is 0 Å². The highest BCUT2D eigenvalue weighted by molar-refractivity contribution is 7.89. The minimum Gasteiger partial charge on any atom is -0.495 e. The van der Waals surface area contributed by atoms with E-state index in [1.165, 1.54) is 26.0 Å². The molecule has 0 heterocycles. The van der Waals surface area contributed by atoms with Crippen molar-refractivity contribution in [2.24, 2.45) is 23.2 Å². The fourth-order valence-corrected chi connectivity index (χ4v) is 5.89. The highest BCUT2D eigenvalue weighted by Gasteiger charge is 2.54. The minimum absolute atomic E-state index is 0.106. The molecule has 128 valence electrons. The third-order valence-electron chi connectivity index (χ3n) is 5.95. The number of hydrogen-bond donors (Lipinski definition) is 1. The monoisotopic (exact) mass is 357 g/mol. The lowest BCUT2D eigenvalue weighted by molar-refractivity contribution is -0.102. The number of rotatable bonds is 5. The lowest BCUT2D eigenvalue weighted by Crippen LogP contribution is -2.54. The second-order valence-electron chi connectivity index (χ2n) is 7.34. The highest BCUT2D eigenvalue weighted by Crippen LogP contribution is 2.61. The topological polar surface area (TPSA) is 55.4 Å². The molecule has 4 nitrogen and oxygen atoms in total. The van der Waals surface area contributed by atoms with Crippen LogP contribution in [0.15, 0.2) is 23.1 Å². The Balaban J connectivity index is 1.74. The van der Waals surface area contributed by atoms with Gasteiger partial charge in [0.1, 0.15) is 10.6 Å². The first-order valence-corrected chi connectivity index (χ1v) is 9.95. The fraction of sp³-hybridized carbons (Fsp3) is 0.647. The van der Waals surface area contributed by atoms with E-state index in [1.54, 1.807) is 12.1 Å². The smallest absolute Gasteiger partial charge is 0.244 e. The Morgan fingerprint density at radius 2 is 2.09 bits per heavy atom. The van der Waals surface area contributed by atoms with Gasteiger partial charge in [0.25, 0.3) is 0 Å². The second-order valence-corrected chi connectivity index (χ2v) is 9.52. The predicted molar refractivity (Wildman–Crippen MR) is 91.3 cm³/mol. The van der Waals surface area contributed by atoms with Crippen molar-refractivity contribution < 1.29 is 13.2 Å². The zero-order valence-electron chi connectivity index (χ0n) is 13.8. The molecule has 3 atom stereocenters. The number of halogens is 1. The van der Waals surface area contributed by atoms with Gasteiger partial charge in [0.15, 0.2) is 0 Å². The van der Waals surface area contributed by atoms with Crippen molar-refractivity contribution in [2.75, 3.05) is 13.7 Å². The Labute approximate surface area is 143 Å². The SMILES string of the molecule is COc1ccc(Cl)cc1S(=O)(=O)NCC1CCC2CC1C2(C)C. The van der Waals surface area contributed by atoms with E-state index in [2.05, 4.69) is 18.6 Å². The van der Waals surface area contributed by atoms with Crippen molar-refractivity contribution in [1.82, 2.24) is 4.72 Å². The fourth-order valence-electron chi connectivity index (χ4n) is 4.36. The van der Waals surface area contributed by atoms with Gasteiger partial charge in [0.05, 0.1) is 7.11 Å². The third kappa shape index (κ3) is 2.99. The van der Waals surface area contributed by atoms with Crippen molar-refractivity contribution >= 4 is 21.6 Å². The van der Waals surface area contributed by atoms with E-state index >= 15 is 0 Å². The molecular weight excluding hydrogens is 334 g/mol. The molecule has 1 N–H and O–H groups in total. The van der Waals surface area contributed by atoms with E-state index < -0.39 is 10.0 Å². The average Bonchev–Trinajstić information content (AvgIpc) is 2.53. The van der Waals surface area contributed by atoms with Gasteiger partial charge in [-0.05, 0) is 60.6 Å². The van der Waals surface area contributed by atoms with Gasteiger partial charge in [-0.15, -0.1) is 0 Å². The highest BCUT2D eigenvalue weighted by atomic mass is 35.5. The number of hydrogen-bond acceptors (Lipinski definition) is 3. The summed E-state index contributed by atoms with van der Waals surface area (Å²) in [6, 6.07) is 4.64. The maximum absolute atomic E-state index is 12.6. The average molecular weight is 358 g/mol. The molecule has 3 saturated carbocycles. The van der Waals surface area contributed by atoms with Crippen LogP contribution in [0.2, 0.25) is 5.02 Å². The summed E-state index contributed by atoms with van der Waals surface area (Å²) >= 11 is 5.95. The summed E-state index contributed by atoms with van der Waals surface area (Å²) in [7, 11) is -2.17. The van der Waals surface area contributed by atoms with Gasteiger partial charge < -0.3 is 4.74 Å². The molecule has 3 fully saturated rings. The maximum atomic E-state index is 12.6. The molecule has 1 aromatic carbocycles. The van der Waals surface area contributed by atoms with Crippen LogP contribution in [0.4, 0.5) is 0 Å². The second kappa shape index (κ2) is 5.94. The van der Waals surface area contributed by atoms with E-state index in [4.69, 9.17) is 16.3 Å². The summed E-state index contributed by atoms with van der Waals surface area (Å²) in [4.78, 5) is 0.106. The largest absolute Gasteiger partial charge is 0.495 e. The molecule has 0 aliphatic heterocycles. The summed E-state index contributed by atoms with van der Waals surface area (Å²) < 4.78 is 33.2. The van der Waals surface area contributed by atoms with Gasteiger partial charge in [-0.1, -0.05) is 25.4 Å². The van der Waals surface area contributed by atoms with Crippen LogP contribution >= 0.6 is 11.6 Å². The third-order valence-corrected chi connectivity index (χ3v) is 7.63. The standard InChI is InChI=1S/C17H24ClNO3S/c1-17(2)12-5-4-11(14(17)8-12)10-19-23(20,21)16-9-13(18)6-7-15(16)22-3/h6-7,9,11-12,14,19H,4-5,8,10H2,1-3H3. The summed E-state index contributed by atoms with van der Waals surface area (Å²) in [5.41, 5.74) is 0.349. The molecule has 3 aliphatic carbocycles. The van der Waals surface area contributed by atoms with Crippen molar-refractivity contribution in [3.63, 3.8) is 0 Å². The quantitative estimate of drug-likeness (QED) is 0.874. The van der Waals surface area contributed by atoms with Crippen molar-refractivity contribution in [3.8, 4) is 5.75 Å². The number of methoxy groups -OCH3 is 1. The van der Waals surface area contributed by atoms with E-state index in [-0.39, 0.29) is 4.90 Å². The van der Waals surface area contributed by atoms with Crippen molar-refractivity contribution in [2.45, 2.75) is 38.0 Å². The van der Waals surface area contributed by atoms with E-state index in [1.807, 2.05) is 0 Å². The van der Waals surface area contributed by atoms with E-state index in [0.29, 0.717) is 34.6 Å². The molecule has 0 aromatic heterocycles. The number of fused-ring (bicyclic) bond motifs is 2. The first-order chi connectivity index (χ1) is 10.8. The summed E-state index contributed by atoms with van der Waals surface area (Å²) in [5.74, 6) is 2.16. The summed E-state index contributed by atoms with van der Waals surface area (Å²) in [6.07, 6.45) is 3.55. The molecule has 3 aliphatic rings. The Bertz CT molecular complexity index is 700. The van der Waals surface area contributed by atoms with Crippen LogP contribution in [0.3, 0.4) is 0 Å². The van der Waals surface area contributed by atoms with Gasteiger partial charge in [-0.25, -0.2) is 13.1 Å². The maximum Gasteiger partial charge on any atom is 0.244 e. The molecule has 3 unspecified atom stereocenters. The van der Waals surface area contributed by atoms with Crippen LogP contribution in [0.25, 0.3) is 0 Å². The van der Waals surface area contributed by atoms with Crippen LogP contribution in [0.1, 0.15) is 33.1 Å². The normalized spacial score (nSPS) is 29.0.